The number of hydrogen-bond donors (Lipinski definition) is 4. The predicted octanol–water partition coefficient (Wildman–Crippen LogP) is 8.00. The average Bonchev–Trinajstić information content (AvgIpc) is 0.831. The highest BCUT2D eigenvalue weighted by Crippen LogP contribution is 2.46. The molecule has 754 valence electrons. The van der Waals surface area contributed by atoms with Gasteiger partial charge in [-0.1, -0.05) is 61.8 Å². The summed E-state index contributed by atoms with van der Waals surface area (Å²) in [5.74, 6) is -5.69. The molecule has 21 atom stereocenters. The van der Waals surface area contributed by atoms with Crippen LogP contribution in [0.1, 0.15) is 248 Å². The number of esters is 4. The summed E-state index contributed by atoms with van der Waals surface area (Å²) >= 11 is 0. The number of carbonyl (C=O) groups excluding carboxylic acids is 13. The van der Waals surface area contributed by atoms with Crippen molar-refractivity contribution in [3.63, 3.8) is 0 Å². The van der Waals surface area contributed by atoms with E-state index in [-0.39, 0.29) is 276 Å². The lowest BCUT2D eigenvalue weighted by molar-refractivity contribution is -0.244. The van der Waals surface area contributed by atoms with Crippen LogP contribution < -0.4 is 21.3 Å². The van der Waals surface area contributed by atoms with Gasteiger partial charge in [0.05, 0.1) is 74.3 Å². The summed E-state index contributed by atoms with van der Waals surface area (Å²) in [6.07, 6.45) is -1.32. The normalized spacial score (nSPS) is 27.2. The van der Waals surface area contributed by atoms with E-state index in [4.69, 9.17) is 65.9 Å². The Balaban J connectivity index is 1.55. The first-order chi connectivity index (χ1) is 62.6. The first-order valence-corrected chi connectivity index (χ1v) is 49.1. The molecule has 0 radical (unpaired) electrons. The van der Waals surface area contributed by atoms with E-state index < -0.39 is 106 Å². The number of nitrogens with one attached hydrogen (secondary N) is 4. The van der Waals surface area contributed by atoms with E-state index in [0.29, 0.717) is 77.2 Å². The van der Waals surface area contributed by atoms with Gasteiger partial charge < -0.3 is 112 Å². The second kappa shape index (κ2) is 60.9. The third-order valence-electron chi connectivity index (χ3n) is 25.8. The summed E-state index contributed by atoms with van der Waals surface area (Å²) in [5, 5.41) is 21.3. The standard InChI is InChI=1S/C93H160N11O27P/c1-59(2)104(60(3)4)132(127-54-32-38-94)126-53-27-21-22-33-81(113)99-39-41-100(82(114)34-23-28-49-118-90-86(95-69(13)105)65(9)61(5)77(128-90)55-122-73(17)109)43-45-102(84(116)36-25-30-51-120-92-88(97-71(15)107)67(11)63(7)79(130-92)57-124-75(19)111)47-48-103(85(117)37-26-31-52-121-93-89(98-72(16)108)68(12)64(8)80(131-93)58-125-76(20)112)46-44-101(42-40-99)83(115)35-24-29-50-119-91-87(96-70(14)106)66(10)62(6)78(129-91)56-123-74(18)110/h59-68,77-80,86-93H,21-37,39-58H2,1-20H3,(H,95,105)(H,96,106)(H,97,107)(H,98,108). The van der Waals surface area contributed by atoms with Gasteiger partial charge in [-0.3, -0.25) is 62.3 Å². The number of amides is 9. The lowest BCUT2D eigenvalue weighted by atomic mass is 9.82. The highest BCUT2D eigenvalue weighted by Gasteiger charge is 2.48. The van der Waals surface area contributed by atoms with E-state index in [1.54, 1.807) is 24.5 Å². The zero-order valence-corrected chi connectivity index (χ0v) is 83.4. The second-order valence-corrected chi connectivity index (χ2v) is 38.0. The van der Waals surface area contributed by atoms with Gasteiger partial charge in [0.1, 0.15) is 26.4 Å². The van der Waals surface area contributed by atoms with Crippen LogP contribution in [0.5, 0.6) is 0 Å². The Hall–Kier alpha value is -7.41. The van der Waals surface area contributed by atoms with Crippen LogP contribution in [-0.2, 0) is 128 Å². The molecule has 5 saturated heterocycles. The second-order valence-electron chi connectivity index (χ2n) is 36.6. The van der Waals surface area contributed by atoms with Crippen molar-refractivity contribution in [3.05, 3.63) is 0 Å². The maximum Gasteiger partial charge on any atom is 0.302 e. The molecule has 4 N–H and O–H groups in total. The number of carbonyl (C=O) groups is 13. The number of rotatable bonds is 49. The highest BCUT2D eigenvalue weighted by atomic mass is 31.2. The van der Waals surface area contributed by atoms with Gasteiger partial charge in [0.15, 0.2) is 25.2 Å². The largest absolute Gasteiger partial charge is 0.463 e. The molecule has 5 fully saturated rings. The van der Waals surface area contributed by atoms with E-state index in [1.807, 2.05) is 55.4 Å². The fraction of sp³-hybridized carbons (Fsp3) is 0.849. The molecular formula is C93H160N11O27P. The van der Waals surface area contributed by atoms with E-state index in [9.17, 15) is 43.6 Å². The van der Waals surface area contributed by atoms with Crippen molar-refractivity contribution < 1.29 is 128 Å². The molecule has 0 aromatic heterocycles. The van der Waals surface area contributed by atoms with Crippen molar-refractivity contribution >= 4 is 85.6 Å². The first kappa shape index (κ1) is 115. The van der Waals surface area contributed by atoms with Crippen LogP contribution in [0.2, 0.25) is 0 Å². The number of unbranched alkanes of at least 4 members (excludes halogenated alkanes) is 6. The van der Waals surface area contributed by atoms with Crippen LogP contribution in [0.15, 0.2) is 0 Å². The van der Waals surface area contributed by atoms with Gasteiger partial charge in [0.2, 0.25) is 53.2 Å². The number of nitrogens with zero attached hydrogens (tertiary/aromatic N) is 7. The fourth-order valence-corrected chi connectivity index (χ4v) is 18.8. The van der Waals surface area contributed by atoms with Crippen LogP contribution in [0.3, 0.4) is 0 Å². The van der Waals surface area contributed by atoms with Gasteiger partial charge in [-0.05, 0) is 139 Å². The number of nitriles is 1. The summed E-state index contributed by atoms with van der Waals surface area (Å²) in [4.78, 5) is 183. The van der Waals surface area contributed by atoms with Crippen molar-refractivity contribution in [2.45, 2.75) is 333 Å². The Labute approximate surface area is 784 Å². The minimum absolute atomic E-state index is 0.00144. The summed E-state index contributed by atoms with van der Waals surface area (Å²) in [7, 11) is -1.52. The Morgan fingerprint density at radius 1 is 0.326 bits per heavy atom. The molecule has 0 spiro atoms. The van der Waals surface area contributed by atoms with E-state index in [2.05, 4.69) is 59.7 Å². The molecule has 9 amide bonds. The van der Waals surface area contributed by atoms with Crippen LogP contribution in [0, 0.1) is 58.7 Å². The number of ether oxygens (including phenoxy) is 12. The van der Waals surface area contributed by atoms with Crippen LogP contribution >= 0.6 is 8.53 Å². The molecule has 5 aliphatic heterocycles. The van der Waals surface area contributed by atoms with Crippen molar-refractivity contribution in [2.24, 2.45) is 47.3 Å². The summed E-state index contributed by atoms with van der Waals surface area (Å²) in [6, 6.07) is 0.0827. The maximum absolute atomic E-state index is 15.2. The third-order valence-corrected chi connectivity index (χ3v) is 27.9. The summed E-state index contributed by atoms with van der Waals surface area (Å²) in [6.45, 7) is 35.6. The Morgan fingerprint density at radius 3 is 0.742 bits per heavy atom. The summed E-state index contributed by atoms with van der Waals surface area (Å²) in [5.41, 5.74) is 0. The topological polar surface area (TPSA) is 442 Å². The van der Waals surface area contributed by atoms with Crippen molar-refractivity contribution in [2.75, 3.05) is 132 Å². The molecule has 0 aromatic carbocycles. The third kappa shape index (κ3) is 40.5. The van der Waals surface area contributed by atoms with E-state index in [1.165, 1.54) is 55.4 Å². The molecule has 0 bridgehead atoms. The molecule has 0 aliphatic carbocycles. The summed E-state index contributed by atoms with van der Waals surface area (Å²) < 4.78 is 87.2. The minimum Gasteiger partial charge on any atom is -0.463 e. The van der Waals surface area contributed by atoms with Gasteiger partial charge in [-0.25, -0.2) is 4.67 Å². The van der Waals surface area contributed by atoms with Crippen molar-refractivity contribution in [3.8, 4) is 6.07 Å². The lowest BCUT2D eigenvalue weighted by Crippen LogP contribution is -2.58. The molecule has 21 unspecified atom stereocenters. The molecule has 132 heavy (non-hydrogen) atoms. The van der Waals surface area contributed by atoms with Crippen LogP contribution in [0.4, 0.5) is 0 Å². The zero-order valence-electron chi connectivity index (χ0n) is 82.5. The highest BCUT2D eigenvalue weighted by molar-refractivity contribution is 7.44. The molecule has 5 heterocycles. The zero-order chi connectivity index (χ0) is 97.8. The Kier molecular flexibility index (Phi) is 53.1. The van der Waals surface area contributed by atoms with Gasteiger partial charge in [-0.15, -0.1) is 0 Å². The molecule has 39 heteroatoms. The molecule has 0 aromatic rings. The van der Waals surface area contributed by atoms with Crippen molar-refractivity contribution in [1.82, 2.24) is 50.4 Å². The van der Waals surface area contributed by atoms with E-state index in [0.717, 1.165) is 0 Å². The maximum atomic E-state index is 15.2. The molecule has 38 nitrogen and oxygen atoms in total. The average molecular weight is 1900 g/mol. The van der Waals surface area contributed by atoms with Gasteiger partial charge in [0, 0.05) is 191 Å². The minimum atomic E-state index is -1.52. The fourth-order valence-electron chi connectivity index (χ4n) is 17.2. The molecule has 5 rings (SSSR count). The van der Waals surface area contributed by atoms with Gasteiger partial charge in [-0.2, -0.15) is 5.26 Å². The molecule has 0 saturated carbocycles. The Bertz CT molecular complexity index is 3420. The van der Waals surface area contributed by atoms with Crippen LogP contribution in [0.25, 0.3) is 0 Å². The van der Waals surface area contributed by atoms with E-state index >= 15 is 24.0 Å². The molecule has 5 aliphatic rings. The quantitative estimate of drug-likeness (QED) is 0.0194. The van der Waals surface area contributed by atoms with Gasteiger partial charge in [0.25, 0.3) is 8.53 Å². The smallest absolute Gasteiger partial charge is 0.302 e. The molecular weight excluding hydrogens is 1730 g/mol. The predicted molar refractivity (Wildman–Crippen MR) is 487 cm³/mol. The first-order valence-electron chi connectivity index (χ1n) is 47.9. The van der Waals surface area contributed by atoms with Crippen molar-refractivity contribution in [1.29, 1.82) is 5.26 Å². The number of hydrogen-bond acceptors (Lipinski definition) is 29. The van der Waals surface area contributed by atoms with Crippen LogP contribution in [-0.4, -0.2) is 324 Å². The van der Waals surface area contributed by atoms with Gasteiger partial charge >= 0.3 is 23.9 Å². The lowest BCUT2D eigenvalue weighted by Gasteiger charge is -2.44. The monoisotopic (exact) mass is 1890 g/mol. The Morgan fingerprint density at radius 2 is 0.538 bits per heavy atom. The SMILES string of the molecule is CC(=O)NC1C(OCCCCC(=O)N2CCN(C(=O)CCCCCOP(OCCC#N)N(C(C)C)C(C)C)CCN(C(=O)CCCCOC3OC(COC(C)=O)C(C)C(C)C3NC(C)=O)CCN(C(=O)CCCCOC3OC(COC(C)=O)C(C)C(C)C3NC(C)=O)CCN(C(=O)CCCCOC3OC(COC(C)=O)C(C)C(C)C3NC(C)=O)CC2)OC(COC(C)=O)C(C)C1C.